The lowest BCUT2D eigenvalue weighted by Gasteiger charge is -2.50. The van der Waals surface area contributed by atoms with Gasteiger partial charge >= 0.3 is 0 Å². The molecular formula is C40H39ClFN3O6. The molecule has 11 heteroatoms. The standard InChI is InChI=1S/C40H39ClFN3O6/c41-24-12-10-23(11-13-24)40-32(37(48)45(39(40)50)43-26-16-14-25(42)15-17-26)22-31-28(35(40)29-8-4-5-9-33(29)51-21-20-46)18-19-30-34(31)38(49)44(36(30)47)27-6-2-1-3-7-27/h4-5,8-18,27,30-32,34-35,43,46H,1-3,6-7,19-22H2. The monoisotopic (exact) mass is 711 g/mol. The molecule has 4 fully saturated rings. The first-order chi connectivity index (χ1) is 24.7. The van der Waals surface area contributed by atoms with Crippen molar-refractivity contribution in [3.8, 4) is 5.75 Å². The summed E-state index contributed by atoms with van der Waals surface area (Å²) in [4.78, 5) is 60.2. The van der Waals surface area contributed by atoms with Crippen LogP contribution in [0.1, 0.15) is 62.0 Å². The third-order valence-electron chi connectivity index (χ3n) is 11.8. The van der Waals surface area contributed by atoms with Gasteiger partial charge in [0.15, 0.2) is 0 Å². The number of nitrogens with one attached hydrogen (secondary N) is 1. The molecule has 0 aromatic heterocycles. The molecule has 51 heavy (non-hydrogen) atoms. The van der Waals surface area contributed by atoms with Crippen molar-refractivity contribution < 1.29 is 33.4 Å². The van der Waals surface area contributed by atoms with Crippen molar-refractivity contribution in [2.75, 3.05) is 18.6 Å². The number of carbonyl (C=O) groups is 4. The van der Waals surface area contributed by atoms with Gasteiger partial charge in [-0.15, -0.1) is 0 Å². The van der Waals surface area contributed by atoms with Gasteiger partial charge in [-0.05, 0) is 79.6 Å². The molecule has 0 radical (unpaired) electrons. The van der Waals surface area contributed by atoms with E-state index in [4.69, 9.17) is 16.3 Å². The summed E-state index contributed by atoms with van der Waals surface area (Å²) in [5.74, 6) is -4.81. The molecule has 5 aliphatic rings. The molecule has 0 spiro atoms. The fourth-order valence-corrected chi connectivity index (χ4v) is 9.86. The Morgan fingerprint density at radius 2 is 1.61 bits per heavy atom. The van der Waals surface area contributed by atoms with E-state index in [2.05, 4.69) is 5.43 Å². The van der Waals surface area contributed by atoms with Crippen molar-refractivity contribution in [3.63, 3.8) is 0 Å². The molecule has 2 heterocycles. The number of para-hydroxylation sites is 1. The minimum atomic E-state index is -1.52. The van der Waals surface area contributed by atoms with Crippen LogP contribution in [0.4, 0.5) is 10.1 Å². The number of imide groups is 2. The smallest absolute Gasteiger partial charge is 0.260 e. The van der Waals surface area contributed by atoms with Gasteiger partial charge in [0.25, 0.3) is 11.8 Å². The number of allylic oxidation sites excluding steroid dienone is 2. The van der Waals surface area contributed by atoms with E-state index in [0.717, 1.165) is 42.7 Å². The molecule has 264 valence electrons. The number of ether oxygens (including phenoxy) is 1. The Labute approximate surface area is 300 Å². The molecule has 2 saturated heterocycles. The van der Waals surface area contributed by atoms with E-state index in [0.29, 0.717) is 34.0 Å². The number of anilines is 1. The number of hydrazine groups is 1. The summed E-state index contributed by atoms with van der Waals surface area (Å²) < 4.78 is 20.0. The fraction of sp³-hybridized carbons (Fsp3) is 0.400. The van der Waals surface area contributed by atoms with Gasteiger partial charge in [0.2, 0.25) is 11.8 Å². The van der Waals surface area contributed by atoms with E-state index in [1.807, 2.05) is 18.2 Å². The molecule has 2 aliphatic heterocycles. The quantitative estimate of drug-likeness (QED) is 0.212. The second-order valence-electron chi connectivity index (χ2n) is 14.3. The zero-order chi connectivity index (χ0) is 35.4. The molecule has 0 bridgehead atoms. The number of carbonyl (C=O) groups excluding carboxylic acids is 4. The molecule has 3 aliphatic carbocycles. The van der Waals surface area contributed by atoms with Crippen LogP contribution in [0.5, 0.6) is 5.75 Å². The second-order valence-corrected chi connectivity index (χ2v) is 14.8. The summed E-state index contributed by atoms with van der Waals surface area (Å²) in [5, 5.41) is 11.2. The number of aliphatic hydroxyl groups is 1. The molecule has 6 unspecified atom stereocenters. The molecule has 2 N–H and O–H groups in total. The highest BCUT2D eigenvalue weighted by Gasteiger charge is 2.70. The van der Waals surface area contributed by atoms with E-state index in [1.54, 1.807) is 36.4 Å². The van der Waals surface area contributed by atoms with Gasteiger partial charge in [0.1, 0.15) is 18.2 Å². The zero-order valence-corrected chi connectivity index (χ0v) is 28.7. The van der Waals surface area contributed by atoms with E-state index in [-0.39, 0.29) is 37.5 Å². The highest BCUT2D eigenvalue weighted by atomic mass is 35.5. The topological polar surface area (TPSA) is 116 Å². The number of hydrogen-bond donors (Lipinski definition) is 2. The van der Waals surface area contributed by atoms with E-state index >= 15 is 4.79 Å². The Kier molecular flexibility index (Phi) is 8.71. The van der Waals surface area contributed by atoms with Crippen LogP contribution in [0.25, 0.3) is 0 Å². The summed E-state index contributed by atoms with van der Waals surface area (Å²) in [6, 6.07) is 19.5. The number of benzene rings is 3. The average Bonchev–Trinajstić information content (AvgIpc) is 3.53. The number of amides is 4. The molecular weight excluding hydrogens is 673 g/mol. The number of nitrogens with zero attached hydrogens (tertiary/aromatic N) is 2. The SMILES string of the molecule is O=C1C2CC3C(=CCC4C(=O)N(C5CCCCC5)C(=O)C43)C(c3ccccc3OCCO)C2(c2ccc(Cl)cc2)C(=O)N1Nc1ccc(F)cc1. The van der Waals surface area contributed by atoms with Crippen molar-refractivity contribution in [2.45, 2.75) is 62.3 Å². The van der Waals surface area contributed by atoms with E-state index < -0.39 is 52.6 Å². The summed E-state index contributed by atoms with van der Waals surface area (Å²) >= 11 is 6.39. The van der Waals surface area contributed by atoms with Crippen molar-refractivity contribution >= 4 is 40.9 Å². The normalized spacial score (nSPS) is 29.1. The molecule has 8 rings (SSSR count). The third kappa shape index (κ3) is 5.29. The summed E-state index contributed by atoms with van der Waals surface area (Å²) in [5.41, 5.74) is 3.82. The largest absolute Gasteiger partial charge is 0.491 e. The summed E-state index contributed by atoms with van der Waals surface area (Å²) in [6.45, 7) is -0.234. The minimum absolute atomic E-state index is 0.00272. The van der Waals surface area contributed by atoms with Crippen molar-refractivity contribution in [1.29, 1.82) is 0 Å². The highest BCUT2D eigenvalue weighted by Crippen LogP contribution is 2.65. The summed E-state index contributed by atoms with van der Waals surface area (Å²) in [6.07, 6.45) is 7.12. The molecule has 4 amide bonds. The van der Waals surface area contributed by atoms with Gasteiger partial charge in [0.05, 0.1) is 35.5 Å². The van der Waals surface area contributed by atoms with Crippen LogP contribution in [-0.2, 0) is 24.6 Å². The van der Waals surface area contributed by atoms with Crippen molar-refractivity contribution in [1.82, 2.24) is 9.91 Å². The Bertz CT molecular complexity index is 1910. The van der Waals surface area contributed by atoms with Crippen LogP contribution in [0.15, 0.2) is 84.4 Å². The fourth-order valence-electron chi connectivity index (χ4n) is 9.73. The van der Waals surface area contributed by atoms with E-state index in [9.17, 15) is 23.9 Å². The number of hydrogen-bond acceptors (Lipinski definition) is 7. The molecule has 9 nitrogen and oxygen atoms in total. The van der Waals surface area contributed by atoms with Gasteiger partial charge in [-0.3, -0.25) is 29.5 Å². The van der Waals surface area contributed by atoms with Gasteiger partial charge in [-0.1, -0.05) is 72.8 Å². The minimum Gasteiger partial charge on any atom is -0.491 e. The number of aliphatic hydroxyl groups excluding tert-OH is 1. The Morgan fingerprint density at radius 3 is 2.33 bits per heavy atom. The first kappa shape index (κ1) is 33.6. The van der Waals surface area contributed by atoms with Gasteiger partial charge in [-0.2, -0.15) is 5.01 Å². The maximum Gasteiger partial charge on any atom is 0.260 e. The van der Waals surface area contributed by atoms with Gasteiger partial charge in [-0.25, -0.2) is 4.39 Å². The molecule has 3 aromatic rings. The van der Waals surface area contributed by atoms with Crippen LogP contribution < -0.4 is 10.2 Å². The first-order valence-electron chi connectivity index (χ1n) is 17.8. The lowest BCUT2D eigenvalue weighted by Crippen LogP contribution is -2.53. The predicted octanol–water partition coefficient (Wildman–Crippen LogP) is 6.17. The van der Waals surface area contributed by atoms with Gasteiger partial charge in [0, 0.05) is 22.5 Å². The van der Waals surface area contributed by atoms with Crippen LogP contribution in [0.3, 0.4) is 0 Å². The lowest BCUT2D eigenvalue weighted by molar-refractivity contribution is -0.144. The zero-order valence-electron chi connectivity index (χ0n) is 28.0. The molecule has 2 saturated carbocycles. The lowest BCUT2D eigenvalue weighted by atomic mass is 9.49. The highest BCUT2D eigenvalue weighted by molar-refractivity contribution is 6.30. The van der Waals surface area contributed by atoms with Gasteiger partial charge < -0.3 is 9.84 Å². The second kappa shape index (κ2) is 13.2. The van der Waals surface area contributed by atoms with Crippen molar-refractivity contribution in [3.05, 3.63) is 106 Å². The molecule has 3 aromatic carbocycles. The number of likely N-dealkylation sites (tertiary alicyclic amines) is 1. The summed E-state index contributed by atoms with van der Waals surface area (Å²) in [7, 11) is 0. The van der Waals surface area contributed by atoms with Crippen molar-refractivity contribution in [2.24, 2.45) is 23.7 Å². The van der Waals surface area contributed by atoms with Crippen LogP contribution in [0.2, 0.25) is 5.02 Å². The first-order valence-corrected chi connectivity index (χ1v) is 18.2. The van der Waals surface area contributed by atoms with Crippen LogP contribution >= 0.6 is 11.6 Å². The maximum atomic E-state index is 15.3. The Balaban J connectivity index is 1.32. The van der Waals surface area contributed by atoms with Crippen LogP contribution in [-0.4, -0.2) is 57.9 Å². The third-order valence-corrected chi connectivity index (χ3v) is 12.1. The molecule has 6 atom stereocenters. The van der Waals surface area contributed by atoms with E-state index in [1.165, 1.54) is 29.2 Å². The Hall–Kier alpha value is -4.54. The number of halogens is 2. The number of rotatable bonds is 8. The average molecular weight is 712 g/mol. The van der Waals surface area contributed by atoms with Crippen LogP contribution in [0, 0.1) is 29.5 Å². The maximum absolute atomic E-state index is 15.3. The predicted molar refractivity (Wildman–Crippen MR) is 187 cm³/mol. The number of fused-ring (bicyclic) bond motifs is 4. The Morgan fingerprint density at radius 1 is 0.882 bits per heavy atom.